The van der Waals surface area contributed by atoms with Crippen LogP contribution in [-0.4, -0.2) is 4.98 Å². The number of nitrogen functional groups attached to an aromatic ring is 1. The average molecular weight is 333 g/mol. The minimum Gasteiger partial charge on any atom is -0.396 e. The predicted molar refractivity (Wildman–Crippen MR) is 76.1 cm³/mol. The normalized spacial score (nSPS) is 10.3. The molecule has 3 N–H and O–H groups in total. The van der Waals surface area contributed by atoms with Crippen LogP contribution in [0, 0.1) is 0 Å². The number of hydrogen-bond donors (Lipinski definition) is 2. The van der Waals surface area contributed by atoms with E-state index >= 15 is 0 Å². The Morgan fingerprint density at radius 2 is 1.94 bits per heavy atom. The van der Waals surface area contributed by atoms with Crippen LogP contribution in [0.2, 0.25) is 10.2 Å². The van der Waals surface area contributed by atoms with E-state index in [0.717, 1.165) is 10.2 Å². The summed E-state index contributed by atoms with van der Waals surface area (Å²) in [6.45, 7) is 0. The fraction of sp³-hybridized carbons (Fsp3) is 0. The Bertz CT molecular complexity index is 511. The topological polar surface area (TPSA) is 50.9 Å². The Labute approximate surface area is 117 Å². The van der Waals surface area contributed by atoms with Crippen LogP contribution < -0.4 is 11.1 Å². The molecule has 0 saturated carbocycles. The van der Waals surface area contributed by atoms with Crippen LogP contribution in [0.5, 0.6) is 0 Å². The zero-order chi connectivity index (χ0) is 12.4. The highest BCUT2D eigenvalue weighted by Crippen LogP contribution is 2.30. The molecule has 0 fully saturated rings. The summed E-state index contributed by atoms with van der Waals surface area (Å²) in [5.74, 6) is 0.500. The molecule has 0 spiro atoms. The summed E-state index contributed by atoms with van der Waals surface area (Å²) in [6, 6.07) is 8.72. The predicted octanol–water partition coefficient (Wildman–Crippen LogP) is 4.48. The highest BCUT2D eigenvalue weighted by Gasteiger charge is 2.06. The number of nitrogens with one attached hydrogen (secondary N) is 1. The van der Waals surface area contributed by atoms with Gasteiger partial charge in [0.2, 0.25) is 0 Å². The summed E-state index contributed by atoms with van der Waals surface area (Å²) < 4.78 is 0.864. The van der Waals surface area contributed by atoms with Gasteiger partial charge in [-0.05, 0) is 46.3 Å². The number of benzene rings is 1. The van der Waals surface area contributed by atoms with E-state index in [0.29, 0.717) is 21.7 Å². The third kappa shape index (κ3) is 3.03. The minimum absolute atomic E-state index is 0.375. The van der Waals surface area contributed by atoms with Gasteiger partial charge in [-0.1, -0.05) is 23.2 Å². The van der Waals surface area contributed by atoms with Gasteiger partial charge in [0, 0.05) is 9.50 Å². The van der Waals surface area contributed by atoms with E-state index in [1.807, 2.05) is 6.07 Å². The lowest BCUT2D eigenvalue weighted by Crippen LogP contribution is -1.99. The number of anilines is 3. The first-order valence-electron chi connectivity index (χ1n) is 4.70. The zero-order valence-electron chi connectivity index (χ0n) is 8.55. The van der Waals surface area contributed by atoms with Gasteiger partial charge >= 0.3 is 0 Å². The van der Waals surface area contributed by atoms with E-state index in [1.54, 1.807) is 24.3 Å². The second kappa shape index (κ2) is 5.12. The highest BCUT2D eigenvalue weighted by atomic mass is 79.9. The maximum atomic E-state index is 5.92. The monoisotopic (exact) mass is 331 g/mol. The number of aromatic nitrogens is 1. The molecule has 0 saturated heterocycles. The molecule has 2 rings (SSSR count). The SMILES string of the molecule is Nc1ccc(Cl)nc1Nc1cc(Cl)ccc1Br. The van der Waals surface area contributed by atoms with Crippen LogP contribution in [0.1, 0.15) is 0 Å². The second-order valence-corrected chi connectivity index (χ2v) is 5.00. The molecule has 0 aliphatic carbocycles. The Kier molecular flexibility index (Phi) is 3.76. The number of rotatable bonds is 2. The van der Waals surface area contributed by atoms with Gasteiger partial charge in [0.15, 0.2) is 5.82 Å². The van der Waals surface area contributed by atoms with E-state index in [9.17, 15) is 0 Å². The molecule has 17 heavy (non-hydrogen) atoms. The molecule has 88 valence electrons. The summed E-state index contributed by atoms with van der Waals surface area (Å²) in [5.41, 5.74) is 7.09. The molecule has 0 atom stereocenters. The molecule has 1 aromatic heterocycles. The summed E-state index contributed by atoms with van der Waals surface area (Å²) in [6.07, 6.45) is 0. The van der Waals surface area contributed by atoms with Crippen molar-refractivity contribution < 1.29 is 0 Å². The van der Waals surface area contributed by atoms with Crippen molar-refractivity contribution in [2.45, 2.75) is 0 Å². The smallest absolute Gasteiger partial charge is 0.155 e. The maximum absolute atomic E-state index is 5.92. The molecule has 6 heteroatoms. The average Bonchev–Trinajstić information content (AvgIpc) is 2.28. The Balaban J connectivity index is 2.37. The fourth-order valence-corrected chi connectivity index (χ4v) is 1.93. The van der Waals surface area contributed by atoms with Crippen LogP contribution in [0.15, 0.2) is 34.8 Å². The molecule has 0 radical (unpaired) electrons. The van der Waals surface area contributed by atoms with Crippen molar-refractivity contribution in [1.82, 2.24) is 4.98 Å². The van der Waals surface area contributed by atoms with Gasteiger partial charge in [-0.2, -0.15) is 0 Å². The number of halogens is 3. The first kappa shape index (κ1) is 12.5. The van der Waals surface area contributed by atoms with E-state index in [1.165, 1.54) is 0 Å². The maximum Gasteiger partial charge on any atom is 0.155 e. The van der Waals surface area contributed by atoms with Crippen molar-refractivity contribution in [1.29, 1.82) is 0 Å². The second-order valence-electron chi connectivity index (χ2n) is 3.32. The summed E-state index contributed by atoms with van der Waals surface area (Å²) >= 11 is 15.1. The summed E-state index contributed by atoms with van der Waals surface area (Å²) in [7, 11) is 0. The lowest BCUT2D eigenvalue weighted by molar-refractivity contribution is 1.31. The molecule has 1 aromatic carbocycles. The first-order chi connectivity index (χ1) is 8.06. The molecule has 0 unspecified atom stereocenters. The van der Waals surface area contributed by atoms with Crippen molar-refractivity contribution >= 4 is 56.3 Å². The Hall–Kier alpha value is -0.970. The minimum atomic E-state index is 0.375. The largest absolute Gasteiger partial charge is 0.396 e. The zero-order valence-corrected chi connectivity index (χ0v) is 11.6. The van der Waals surface area contributed by atoms with Crippen LogP contribution in [0.25, 0.3) is 0 Å². The molecule has 0 amide bonds. The molecule has 2 aromatic rings. The quantitative estimate of drug-likeness (QED) is 0.797. The molecule has 0 bridgehead atoms. The Morgan fingerprint density at radius 3 is 2.71 bits per heavy atom. The Morgan fingerprint density at radius 1 is 1.18 bits per heavy atom. The molecule has 0 aliphatic heterocycles. The van der Waals surface area contributed by atoms with E-state index < -0.39 is 0 Å². The van der Waals surface area contributed by atoms with Crippen LogP contribution in [-0.2, 0) is 0 Å². The van der Waals surface area contributed by atoms with E-state index in [4.69, 9.17) is 28.9 Å². The number of nitrogens with zero attached hydrogens (tertiary/aromatic N) is 1. The number of nitrogens with two attached hydrogens (primary N) is 1. The van der Waals surface area contributed by atoms with Crippen molar-refractivity contribution in [2.24, 2.45) is 0 Å². The highest BCUT2D eigenvalue weighted by molar-refractivity contribution is 9.10. The van der Waals surface area contributed by atoms with Gasteiger partial charge in [-0.15, -0.1) is 0 Å². The molecule has 1 heterocycles. The van der Waals surface area contributed by atoms with Crippen LogP contribution in [0.4, 0.5) is 17.2 Å². The third-order valence-electron chi connectivity index (χ3n) is 2.07. The van der Waals surface area contributed by atoms with Crippen molar-refractivity contribution in [3.63, 3.8) is 0 Å². The van der Waals surface area contributed by atoms with Crippen LogP contribution in [0.3, 0.4) is 0 Å². The first-order valence-corrected chi connectivity index (χ1v) is 6.25. The lowest BCUT2D eigenvalue weighted by Gasteiger charge is -2.10. The van der Waals surface area contributed by atoms with Gasteiger partial charge in [0.1, 0.15) is 5.15 Å². The molecular weight excluding hydrogens is 325 g/mol. The molecule has 3 nitrogen and oxygen atoms in total. The number of hydrogen-bond acceptors (Lipinski definition) is 3. The van der Waals surface area contributed by atoms with Gasteiger partial charge in [0.05, 0.1) is 11.4 Å². The van der Waals surface area contributed by atoms with Gasteiger partial charge in [0.25, 0.3) is 0 Å². The van der Waals surface area contributed by atoms with E-state index in [2.05, 4.69) is 26.2 Å². The summed E-state index contributed by atoms with van der Waals surface area (Å²) in [5, 5.41) is 4.07. The van der Waals surface area contributed by atoms with Crippen molar-refractivity contribution in [3.05, 3.63) is 45.0 Å². The van der Waals surface area contributed by atoms with Gasteiger partial charge < -0.3 is 11.1 Å². The standard InChI is InChI=1S/C11H8BrCl2N3/c12-7-2-1-6(13)5-9(7)16-11-8(15)3-4-10(14)17-11/h1-5H,15H2,(H,16,17). The van der Waals surface area contributed by atoms with Crippen molar-refractivity contribution in [3.8, 4) is 0 Å². The van der Waals surface area contributed by atoms with Crippen LogP contribution >= 0.6 is 39.1 Å². The van der Waals surface area contributed by atoms with Gasteiger partial charge in [-0.3, -0.25) is 0 Å². The lowest BCUT2D eigenvalue weighted by atomic mass is 10.3. The fourth-order valence-electron chi connectivity index (χ4n) is 1.27. The molecule has 0 aliphatic rings. The molecular formula is C11H8BrCl2N3. The third-order valence-corrected chi connectivity index (χ3v) is 3.21. The summed E-state index contributed by atoms with van der Waals surface area (Å²) in [4.78, 5) is 4.10. The van der Waals surface area contributed by atoms with Crippen molar-refractivity contribution in [2.75, 3.05) is 11.1 Å². The van der Waals surface area contributed by atoms with Gasteiger partial charge in [-0.25, -0.2) is 4.98 Å². The van der Waals surface area contributed by atoms with E-state index in [-0.39, 0.29) is 0 Å². The number of pyridine rings is 1.